The van der Waals surface area contributed by atoms with Crippen LogP contribution < -0.4 is 0 Å². The first-order chi connectivity index (χ1) is 19.3. The molecule has 2 heterocycles. The Balaban J connectivity index is 0.000000184. The molecular weight excluding hydrogens is 611 g/mol. The van der Waals surface area contributed by atoms with Crippen molar-refractivity contribution in [1.29, 1.82) is 0 Å². The number of fused-ring (bicyclic) bond motifs is 2. The molecule has 2 fully saturated rings. The number of hydrogen-bond donors (Lipinski definition) is 2. The molecule has 2 N–H and O–H groups in total. The summed E-state index contributed by atoms with van der Waals surface area (Å²) < 4.78 is 0. The number of carbonyl (C=O) groups excluding carboxylic acids is 2. The van der Waals surface area contributed by atoms with E-state index in [0.717, 1.165) is 34.4 Å². The number of rotatable bonds is 4. The molecule has 6 rings (SSSR count). The fourth-order valence-corrected chi connectivity index (χ4v) is 5.51. The molecule has 0 bridgehead atoms. The SMILES string of the molecule is O=C(O)[C@@H]1CCCN1C(=O)c1ccc2ccccc2c1.O=C(O)[C@@H]1CCCN1C(=O)c1ccc2ccccc2c1.[Rh]. The zero-order chi connectivity index (χ0) is 28.2. The number of hydrogen-bond acceptors (Lipinski definition) is 4. The maximum Gasteiger partial charge on any atom is 0.326 e. The molecular formula is C32H30N2O6Rh. The van der Waals surface area contributed by atoms with Crippen molar-refractivity contribution in [3.63, 3.8) is 0 Å². The van der Waals surface area contributed by atoms with Crippen molar-refractivity contribution < 1.29 is 48.9 Å². The average Bonchev–Trinajstić information content (AvgIpc) is 3.67. The van der Waals surface area contributed by atoms with Crippen molar-refractivity contribution in [2.45, 2.75) is 37.8 Å². The first-order valence-corrected chi connectivity index (χ1v) is 13.4. The molecule has 0 saturated carbocycles. The summed E-state index contributed by atoms with van der Waals surface area (Å²) >= 11 is 0. The molecule has 9 heteroatoms. The number of carboxylic acid groups (broad SMARTS) is 2. The number of nitrogens with zero attached hydrogens (tertiary/aromatic N) is 2. The molecule has 2 aliphatic heterocycles. The van der Waals surface area contributed by atoms with Gasteiger partial charge in [-0.2, -0.15) is 0 Å². The maximum absolute atomic E-state index is 12.5. The van der Waals surface area contributed by atoms with E-state index in [2.05, 4.69) is 0 Å². The Labute approximate surface area is 250 Å². The van der Waals surface area contributed by atoms with Gasteiger partial charge in [-0.15, -0.1) is 0 Å². The van der Waals surface area contributed by atoms with Gasteiger partial charge in [0.25, 0.3) is 11.8 Å². The molecule has 213 valence electrons. The minimum atomic E-state index is -0.920. The minimum Gasteiger partial charge on any atom is -0.480 e. The van der Waals surface area contributed by atoms with Crippen LogP contribution in [0.5, 0.6) is 0 Å². The summed E-state index contributed by atoms with van der Waals surface area (Å²) in [6.45, 7) is 1.03. The Morgan fingerprint density at radius 2 is 0.927 bits per heavy atom. The fraction of sp³-hybridized carbons (Fsp3) is 0.250. The molecule has 0 unspecified atom stereocenters. The van der Waals surface area contributed by atoms with Gasteiger partial charge in [-0.25, -0.2) is 9.59 Å². The molecule has 0 aliphatic carbocycles. The Hall–Kier alpha value is -4.10. The van der Waals surface area contributed by atoms with E-state index in [4.69, 9.17) is 10.2 Å². The van der Waals surface area contributed by atoms with Crippen molar-refractivity contribution >= 4 is 45.3 Å². The van der Waals surface area contributed by atoms with Crippen molar-refractivity contribution in [2.24, 2.45) is 0 Å². The molecule has 2 saturated heterocycles. The summed E-state index contributed by atoms with van der Waals surface area (Å²) in [5.74, 6) is -2.23. The van der Waals surface area contributed by atoms with E-state index in [1.165, 1.54) is 9.80 Å². The predicted molar refractivity (Wildman–Crippen MR) is 151 cm³/mol. The standard InChI is InChI=1S/2C16H15NO3.Rh/c2*18-15(17-9-3-6-14(17)16(19)20)13-8-7-11-4-1-2-5-12(11)10-13;/h2*1-2,4-5,7-8,10,14H,3,6,9H2,(H,19,20);/t2*14-;/m00./s1. The van der Waals surface area contributed by atoms with E-state index in [0.29, 0.717) is 37.1 Å². The molecule has 2 atom stereocenters. The summed E-state index contributed by atoms with van der Waals surface area (Å²) in [6, 6.07) is 25.2. The fourth-order valence-electron chi connectivity index (χ4n) is 5.51. The van der Waals surface area contributed by atoms with E-state index in [1.807, 2.05) is 72.8 Å². The largest absolute Gasteiger partial charge is 0.480 e. The van der Waals surface area contributed by atoms with Crippen LogP contribution >= 0.6 is 0 Å². The number of benzene rings is 4. The van der Waals surface area contributed by atoms with Gasteiger partial charge in [0.15, 0.2) is 0 Å². The van der Waals surface area contributed by atoms with Gasteiger partial charge in [0.1, 0.15) is 12.1 Å². The van der Waals surface area contributed by atoms with Crippen LogP contribution in [-0.4, -0.2) is 68.9 Å². The second-order valence-electron chi connectivity index (χ2n) is 10.1. The number of amides is 2. The molecule has 4 aromatic rings. The number of aliphatic carboxylic acids is 2. The third-order valence-corrected chi connectivity index (χ3v) is 7.59. The van der Waals surface area contributed by atoms with E-state index >= 15 is 0 Å². The van der Waals surface area contributed by atoms with Crippen LogP contribution in [0.3, 0.4) is 0 Å². The van der Waals surface area contributed by atoms with Gasteiger partial charge < -0.3 is 20.0 Å². The van der Waals surface area contributed by atoms with E-state index in [1.54, 1.807) is 12.1 Å². The van der Waals surface area contributed by atoms with Crippen LogP contribution in [0.4, 0.5) is 0 Å². The zero-order valence-electron chi connectivity index (χ0n) is 22.2. The van der Waals surface area contributed by atoms with E-state index in [9.17, 15) is 19.2 Å². The van der Waals surface area contributed by atoms with Crippen LogP contribution in [0.2, 0.25) is 0 Å². The summed E-state index contributed by atoms with van der Waals surface area (Å²) in [7, 11) is 0. The van der Waals surface area contributed by atoms with Gasteiger partial charge in [-0.05, 0) is 71.5 Å². The van der Waals surface area contributed by atoms with Crippen molar-refractivity contribution in [3.05, 3.63) is 96.1 Å². The van der Waals surface area contributed by atoms with Gasteiger partial charge >= 0.3 is 11.9 Å². The molecule has 2 aliphatic rings. The first-order valence-electron chi connectivity index (χ1n) is 13.4. The Morgan fingerprint density at radius 3 is 1.29 bits per heavy atom. The van der Waals surface area contributed by atoms with Crippen LogP contribution in [0.25, 0.3) is 21.5 Å². The average molecular weight is 642 g/mol. The Bertz CT molecular complexity index is 1490. The second-order valence-corrected chi connectivity index (χ2v) is 10.1. The molecule has 1 radical (unpaired) electrons. The smallest absolute Gasteiger partial charge is 0.326 e. The summed E-state index contributed by atoms with van der Waals surface area (Å²) in [5.41, 5.74) is 1.11. The number of likely N-dealkylation sites (tertiary alicyclic amines) is 2. The molecule has 2 amide bonds. The van der Waals surface area contributed by atoms with Gasteiger partial charge in [0.2, 0.25) is 0 Å². The van der Waals surface area contributed by atoms with Crippen LogP contribution in [-0.2, 0) is 29.1 Å². The monoisotopic (exact) mass is 641 g/mol. The van der Waals surface area contributed by atoms with Gasteiger partial charge in [-0.3, -0.25) is 9.59 Å². The van der Waals surface area contributed by atoms with Crippen LogP contribution in [0.1, 0.15) is 46.4 Å². The third-order valence-electron chi connectivity index (χ3n) is 7.59. The molecule has 0 spiro atoms. The molecule has 4 aromatic carbocycles. The topological polar surface area (TPSA) is 115 Å². The quantitative estimate of drug-likeness (QED) is 0.302. The Kier molecular flexibility index (Phi) is 9.51. The first kappa shape index (κ1) is 29.9. The van der Waals surface area contributed by atoms with Gasteiger partial charge in [0, 0.05) is 43.7 Å². The summed E-state index contributed by atoms with van der Waals surface area (Å²) in [4.78, 5) is 50.2. The zero-order valence-corrected chi connectivity index (χ0v) is 23.9. The minimum absolute atomic E-state index is 0. The molecule has 41 heavy (non-hydrogen) atoms. The molecule has 8 nitrogen and oxygen atoms in total. The summed E-state index contributed by atoms with van der Waals surface area (Å²) in [5, 5.41) is 22.4. The van der Waals surface area contributed by atoms with Gasteiger partial charge in [-0.1, -0.05) is 60.7 Å². The van der Waals surface area contributed by atoms with Crippen molar-refractivity contribution in [2.75, 3.05) is 13.1 Å². The van der Waals surface area contributed by atoms with E-state index in [-0.39, 0.29) is 31.3 Å². The maximum atomic E-state index is 12.5. The predicted octanol–water partition coefficient (Wildman–Crippen LogP) is 5.06. The van der Waals surface area contributed by atoms with Crippen LogP contribution in [0.15, 0.2) is 84.9 Å². The van der Waals surface area contributed by atoms with E-state index < -0.39 is 24.0 Å². The third kappa shape index (κ3) is 6.46. The van der Waals surface area contributed by atoms with Crippen molar-refractivity contribution in [3.8, 4) is 0 Å². The van der Waals surface area contributed by atoms with Crippen molar-refractivity contribution in [1.82, 2.24) is 9.80 Å². The number of carboxylic acids is 2. The second kappa shape index (κ2) is 13.0. The number of carbonyl (C=O) groups is 4. The molecule has 0 aromatic heterocycles. The van der Waals surface area contributed by atoms with Gasteiger partial charge in [0.05, 0.1) is 0 Å². The Morgan fingerprint density at radius 1 is 0.561 bits per heavy atom. The normalized spacial score (nSPS) is 18.0. The summed E-state index contributed by atoms with van der Waals surface area (Å²) in [6.07, 6.45) is 2.57. The van der Waals surface area contributed by atoms with Crippen LogP contribution in [0, 0.1) is 0 Å².